The van der Waals surface area contributed by atoms with Gasteiger partial charge in [-0.2, -0.15) is 0 Å². The molecule has 2 heterocycles. The molecule has 0 aromatic rings. The quantitative estimate of drug-likeness (QED) is 0.768. The lowest BCUT2D eigenvalue weighted by atomic mass is 9.79. The Balaban J connectivity index is 2.06. The molecular formula is C18H34O3. The van der Waals surface area contributed by atoms with Crippen LogP contribution in [0.3, 0.4) is 0 Å². The first-order chi connectivity index (χ1) is 9.73. The third-order valence-electron chi connectivity index (χ3n) is 6.45. The minimum absolute atomic E-state index is 0.106. The van der Waals surface area contributed by atoms with Gasteiger partial charge in [-0.1, -0.05) is 34.6 Å². The van der Waals surface area contributed by atoms with Crippen molar-refractivity contribution in [3.8, 4) is 0 Å². The Morgan fingerprint density at radius 3 is 1.67 bits per heavy atom. The van der Waals surface area contributed by atoms with Gasteiger partial charge >= 0.3 is 0 Å². The van der Waals surface area contributed by atoms with Crippen LogP contribution in [0.15, 0.2) is 0 Å². The molecule has 2 fully saturated rings. The average Bonchev–Trinajstić information content (AvgIpc) is 2.44. The molecule has 2 rings (SSSR count). The zero-order valence-electron chi connectivity index (χ0n) is 15.0. The normalized spacial score (nSPS) is 55.4. The fraction of sp³-hybridized carbons (Fsp3) is 1.00. The van der Waals surface area contributed by atoms with Crippen molar-refractivity contribution in [2.24, 2.45) is 29.6 Å². The van der Waals surface area contributed by atoms with Crippen LogP contribution in [0.4, 0.5) is 0 Å². The van der Waals surface area contributed by atoms with Crippen LogP contribution in [-0.4, -0.2) is 30.7 Å². The lowest BCUT2D eigenvalue weighted by Crippen LogP contribution is -2.53. The lowest BCUT2D eigenvalue weighted by molar-refractivity contribution is -0.294. The van der Waals surface area contributed by atoms with Crippen molar-refractivity contribution in [2.45, 2.75) is 86.1 Å². The second-order valence-corrected chi connectivity index (χ2v) is 7.65. The molecule has 0 N–H and O–H groups in total. The van der Waals surface area contributed by atoms with Crippen molar-refractivity contribution in [3.05, 3.63) is 0 Å². The van der Waals surface area contributed by atoms with Gasteiger partial charge in [-0.15, -0.1) is 0 Å². The van der Waals surface area contributed by atoms with E-state index in [2.05, 4.69) is 55.4 Å². The van der Waals surface area contributed by atoms with Gasteiger partial charge < -0.3 is 14.2 Å². The molecule has 0 amide bonds. The van der Waals surface area contributed by atoms with E-state index in [0.717, 1.165) is 0 Å². The first-order valence-electron chi connectivity index (χ1n) is 8.70. The van der Waals surface area contributed by atoms with Gasteiger partial charge in [-0.25, -0.2) is 0 Å². The fourth-order valence-electron chi connectivity index (χ4n) is 3.85. The number of hydrogen-bond acceptors (Lipinski definition) is 3. The van der Waals surface area contributed by atoms with Crippen molar-refractivity contribution >= 4 is 0 Å². The molecule has 3 nitrogen and oxygen atoms in total. The smallest absolute Gasteiger partial charge is 0.161 e. The zero-order chi connectivity index (χ0) is 15.9. The first kappa shape index (κ1) is 17.2. The van der Waals surface area contributed by atoms with Gasteiger partial charge in [-0.3, -0.25) is 0 Å². The Kier molecular flexibility index (Phi) is 5.38. The molecule has 2 saturated heterocycles. The van der Waals surface area contributed by atoms with E-state index in [1.54, 1.807) is 0 Å². The number of hydrogen-bond donors (Lipinski definition) is 0. The molecule has 0 aliphatic carbocycles. The summed E-state index contributed by atoms with van der Waals surface area (Å²) in [5.41, 5.74) is 0. The Bertz CT molecular complexity index is 345. The summed E-state index contributed by atoms with van der Waals surface area (Å²) in [5.74, 6) is 2.62. The lowest BCUT2D eigenvalue weighted by Gasteiger charge is -2.47. The maximum Gasteiger partial charge on any atom is 0.161 e. The predicted molar refractivity (Wildman–Crippen MR) is 85.0 cm³/mol. The second-order valence-electron chi connectivity index (χ2n) is 7.65. The van der Waals surface area contributed by atoms with Crippen LogP contribution in [-0.2, 0) is 14.2 Å². The molecule has 0 saturated carbocycles. The Hall–Kier alpha value is -0.120. The van der Waals surface area contributed by atoms with E-state index < -0.39 is 0 Å². The van der Waals surface area contributed by atoms with Crippen molar-refractivity contribution in [1.29, 1.82) is 0 Å². The van der Waals surface area contributed by atoms with Crippen molar-refractivity contribution in [3.63, 3.8) is 0 Å². The van der Waals surface area contributed by atoms with Gasteiger partial charge in [0.25, 0.3) is 0 Å². The summed E-state index contributed by atoms with van der Waals surface area (Å²) in [6, 6.07) is 0. The Morgan fingerprint density at radius 1 is 0.524 bits per heavy atom. The topological polar surface area (TPSA) is 27.7 Å². The first-order valence-corrected chi connectivity index (χ1v) is 8.70. The van der Waals surface area contributed by atoms with Gasteiger partial charge in [0, 0.05) is 5.92 Å². The summed E-state index contributed by atoms with van der Waals surface area (Å²) in [6.07, 6.45) is 0.707. The molecular weight excluding hydrogens is 264 g/mol. The maximum absolute atomic E-state index is 6.43. The predicted octanol–water partition coefficient (Wildman–Crippen LogP) is 4.10. The van der Waals surface area contributed by atoms with Crippen molar-refractivity contribution in [2.75, 3.05) is 0 Å². The molecule has 0 spiro atoms. The van der Waals surface area contributed by atoms with E-state index in [1.807, 2.05) is 0 Å². The highest BCUT2D eigenvalue weighted by molar-refractivity contribution is 4.88. The van der Waals surface area contributed by atoms with Crippen molar-refractivity contribution < 1.29 is 14.2 Å². The van der Waals surface area contributed by atoms with Crippen LogP contribution in [0.2, 0.25) is 0 Å². The molecule has 21 heavy (non-hydrogen) atoms. The van der Waals surface area contributed by atoms with Gasteiger partial charge in [0.2, 0.25) is 0 Å². The van der Waals surface area contributed by atoms with Crippen LogP contribution in [0.25, 0.3) is 0 Å². The number of ether oxygens (including phenoxy) is 3. The van der Waals surface area contributed by atoms with E-state index in [9.17, 15) is 0 Å². The average molecular weight is 298 g/mol. The van der Waals surface area contributed by atoms with Crippen LogP contribution in [0.5, 0.6) is 0 Å². The standard InChI is InChI=1S/C18H34O3/c1-9-10(2)15(7)20-18(13(9)5)21-17-12(4)11(3)14(6)19-16(17)8/h9-18H,1-8H3/t9?,10-,11-,12?,13?,14?,15?,16-,17?,18-/m0/s1. The second kappa shape index (κ2) is 6.55. The summed E-state index contributed by atoms with van der Waals surface area (Å²) in [6.45, 7) is 17.9. The summed E-state index contributed by atoms with van der Waals surface area (Å²) in [5, 5.41) is 0. The third-order valence-corrected chi connectivity index (χ3v) is 6.45. The van der Waals surface area contributed by atoms with Crippen LogP contribution >= 0.6 is 0 Å². The molecule has 10 atom stereocenters. The molecule has 6 unspecified atom stereocenters. The van der Waals surface area contributed by atoms with E-state index in [1.165, 1.54) is 0 Å². The summed E-state index contributed by atoms with van der Waals surface area (Å²) in [7, 11) is 0. The van der Waals surface area contributed by atoms with Crippen molar-refractivity contribution in [1.82, 2.24) is 0 Å². The molecule has 2 aliphatic heterocycles. The highest BCUT2D eigenvalue weighted by Gasteiger charge is 2.43. The molecule has 0 aromatic heterocycles. The van der Waals surface area contributed by atoms with E-state index in [-0.39, 0.29) is 24.6 Å². The van der Waals surface area contributed by atoms with Crippen LogP contribution in [0, 0.1) is 29.6 Å². The Morgan fingerprint density at radius 2 is 1.05 bits per heavy atom. The highest BCUT2D eigenvalue weighted by Crippen LogP contribution is 2.39. The van der Waals surface area contributed by atoms with Crippen LogP contribution < -0.4 is 0 Å². The Labute approximate surface area is 130 Å². The maximum atomic E-state index is 6.43. The van der Waals surface area contributed by atoms with Crippen LogP contribution in [0.1, 0.15) is 55.4 Å². The number of rotatable bonds is 2. The SMILES string of the molecule is CC1C(C)[C@H](C)C(C)O[C@H]1OC1C(C)[C@H](C)C(C)O[C@H]1C. The fourth-order valence-corrected chi connectivity index (χ4v) is 3.85. The summed E-state index contributed by atoms with van der Waals surface area (Å²) >= 11 is 0. The van der Waals surface area contributed by atoms with Gasteiger partial charge in [-0.05, 0) is 44.4 Å². The molecule has 0 aromatic carbocycles. The van der Waals surface area contributed by atoms with E-state index in [0.29, 0.717) is 35.7 Å². The van der Waals surface area contributed by atoms with Gasteiger partial charge in [0.05, 0.1) is 24.4 Å². The third kappa shape index (κ3) is 3.30. The van der Waals surface area contributed by atoms with Gasteiger partial charge in [0.1, 0.15) is 0 Å². The molecule has 0 radical (unpaired) electrons. The molecule has 2 aliphatic rings. The van der Waals surface area contributed by atoms with E-state index >= 15 is 0 Å². The monoisotopic (exact) mass is 298 g/mol. The molecule has 124 valence electrons. The summed E-state index contributed by atoms with van der Waals surface area (Å²) < 4.78 is 18.6. The highest BCUT2D eigenvalue weighted by atomic mass is 16.7. The van der Waals surface area contributed by atoms with E-state index in [4.69, 9.17) is 14.2 Å². The molecule has 3 heteroatoms. The zero-order valence-corrected chi connectivity index (χ0v) is 15.0. The minimum Gasteiger partial charge on any atom is -0.373 e. The van der Waals surface area contributed by atoms with Gasteiger partial charge in [0.15, 0.2) is 6.29 Å². The largest absolute Gasteiger partial charge is 0.373 e. The minimum atomic E-state index is -0.106. The summed E-state index contributed by atoms with van der Waals surface area (Å²) in [4.78, 5) is 0. The molecule has 0 bridgehead atoms.